The van der Waals surface area contributed by atoms with Crippen LogP contribution in [0.5, 0.6) is 5.75 Å². The number of nitrogens with two attached hydrogens (primary N) is 1. The van der Waals surface area contributed by atoms with Gasteiger partial charge in [0.05, 0.1) is 18.5 Å². The largest absolute Gasteiger partial charge is 0.497 e. The highest BCUT2D eigenvalue weighted by molar-refractivity contribution is 5.94. The molecule has 0 aromatic heterocycles. The van der Waals surface area contributed by atoms with Crippen molar-refractivity contribution in [1.29, 1.82) is 0 Å². The summed E-state index contributed by atoms with van der Waals surface area (Å²) in [6, 6.07) is 5.16. The molecule has 1 amide bonds. The van der Waals surface area contributed by atoms with Crippen LogP contribution in [0.3, 0.4) is 0 Å². The summed E-state index contributed by atoms with van der Waals surface area (Å²) in [7, 11) is 3.19. The van der Waals surface area contributed by atoms with Gasteiger partial charge in [0.15, 0.2) is 0 Å². The van der Waals surface area contributed by atoms with Crippen molar-refractivity contribution in [2.75, 3.05) is 31.9 Å². The molecule has 1 aromatic rings. The molecule has 0 saturated carbocycles. The number of nitrogens with one attached hydrogen (secondary N) is 1. The van der Waals surface area contributed by atoms with Crippen LogP contribution >= 0.6 is 0 Å². The van der Waals surface area contributed by atoms with Gasteiger partial charge in [-0.25, -0.2) is 0 Å². The van der Waals surface area contributed by atoms with Crippen molar-refractivity contribution < 1.29 is 14.3 Å². The van der Waals surface area contributed by atoms with E-state index in [0.29, 0.717) is 30.2 Å². The van der Waals surface area contributed by atoms with Crippen LogP contribution in [0.4, 0.5) is 11.4 Å². The maximum Gasteiger partial charge on any atom is 0.224 e. The van der Waals surface area contributed by atoms with Crippen molar-refractivity contribution in [2.24, 2.45) is 5.92 Å². The number of carbonyl (C=O) groups excluding carboxylic acids is 1. The Kier molecular flexibility index (Phi) is 5.45. The number of anilines is 2. The van der Waals surface area contributed by atoms with Crippen LogP contribution in [0.1, 0.15) is 13.3 Å². The lowest BCUT2D eigenvalue weighted by atomic mass is 10.1. The molecule has 3 N–H and O–H groups in total. The van der Waals surface area contributed by atoms with Gasteiger partial charge in [0.2, 0.25) is 5.91 Å². The fourth-order valence-electron chi connectivity index (χ4n) is 1.64. The van der Waals surface area contributed by atoms with Gasteiger partial charge in [0, 0.05) is 26.2 Å². The number of ether oxygens (including phenoxy) is 2. The van der Waals surface area contributed by atoms with Gasteiger partial charge in [-0.2, -0.15) is 0 Å². The Labute approximate surface area is 107 Å². The highest BCUT2D eigenvalue weighted by Gasteiger charge is 2.10. The van der Waals surface area contributed by atoms with Crippen LogP contribution in [-0.4, -0.2) is 26.7 Å². The molecule has 0 heterocycles. The maximum atomic E-state index is 11.8. The molecule has 0 saturated heterocycles. The van der Waals surface area contributed by atoms with E-state index in [1.807, 2.05) is 6.92 Å². The van der Waals surface area contributed by atoms with E-state index in [4.69, 9.17) is 15.2 Å². The van der Waals surface area contributed by atoms with Gasteiger partial charge in [-0.1, -0.05) is 6.92 Å². The second-order valence-electron chi connectivity index (χ2n) is 4.27. The predicted octanol–water partition coefficient (Wildman–Crippen LogP) is 1.89. The standard InChI is InChI=1S/C13H20N2O3/c1-9(8-17-2)6-13(16)15-12-5-4-10(18-3)7-11(12)14/h4-5,7,9H,6,8,14H2,1-3H3,(H,15,16). The molecule has 0 spiro atoms. The topological polar surface area (TPSA) is 73.6 Å². The highest BCUT2D eigenvalue weighted by atomic mass is 16.5. The van der Waals surface area contributed by atoms with E-state index in [-0.39, 0.29) is 11.8 Å². The Morgan fingerprint density at radius 1 is 1.44 bits per heavy atom. The molecule has 0 fully saturated rings. The molecular formula is C13H20N2O3. The van der Waals surface area contributed by atoms with Gasteiger partial charge >= 0.3 is 0 Å². The monoisotopic (exact) mass is 252 g/mol. The number of carbonyl (C=O) groups is 1. The summed E-state index contributed by atoms with van der Waals surface area (Å²) in [6.07, 6.45) is 0.402. The lowest BCUT2D eigenvalue weighted by Gasteiger charge is -2.12. The third-order valence-electron chi connectivity index (χ3n) is 2.52. The van der Waals surface area contributed by atoms with Crippen LogP contribution < -0.4 is 15.8 Å². The Hall–Kier alpha value is -1.75. The molecule has 0 aliphatic carbocycles. The summed E-state index contributed by atoms with van der Waals surface area (Å²) in [5.74, 6) is 0.768. The molecule has 1 atom stereocenters. The van der Waals surface area contributed by atoms with Gasteiger partial charge in [-0.05, 0) is 18.1 Å². The summed E-state index contributed by atoms with van der Waals surface area (Å²) >= 11 is 0. The summed E-state index contributed by atoms with van der Waals surface area (Å²) in [6.45, 7) is 2.52. The van der Waals surface area contributed by atoms with Gasteiger partial charge < -0.3 is 20.5 Å². The number of hydrogen-bond acceptors (Lipinski definition) is 4. The van der Waals surface area contributed by atoms with Gasteiger partial charge in [0.1, 0.15) is 5.75 Å². The second kappa shape index (κ2) is 6.86. The zero-order chi connectivity index (χ0) is 13.5. The first-order chi connectivity index (χ1) is 8.56. The summed E-state index contributed by atoms with van der Waals surface area (Å²) in [5, 5.41) is 2.78. The first kappa shape index (κ1) is 14.3. The SMILES string of the molecule is COCC(C)CC(=O)Nc1ccc(OC)cc1N. The Bertz CT molecular complexity index is 407. The van der Waals surface area contributed by atoms with Crippen molar-refractivity contribution in [3.63, 3.8) is 0 Å². The normalized spacial score (nSPS) is 11.9. The van der Waals surface area contributed by atoms with Crippen molar-refractivity contribution in [1.82, 2.24) is 0 Å². The Morgan fingerprint density at radius 2 is 2.17 bits per heavy atom. The third-order valence-corrected chi connectivity index (χ3v) is 2.52. The van der Waals surface area contributed by atoms with Crippen LogP contribution in [0.2, 0.25) is 0 Å². The van der Waals surface area contributed by atoms with E-state index in [2.05, 4.69) is 5.32 Å². The first-order valence-corrected chi connectivity index (χ1v) is 5.79. The quantitative estimate of drug-likeness (QED) is 0.758. The third kappa shape index (κ3) is 4.25. The minimum absolute atomic E-state index is 0.0728. The van der Waals surface area contributed by atoms with E-state index in [1.165, 1.54) is 0 Å². The summed E-state index contributed by atoms with van der Waals surface area (Å²) in [4.78, 5) is 11.8. The lowest BCUT2D eigenvalue weighted by Crippen LogP contribution is -2.18. The van der Waals surface area contributed by atoms with Crippen LogP contribution in [0, 0.1) is 5.92 Å². The molecule has 0 bridgehead atoms. The number of nitrogen functional groups attached to an aromatic ring is 1. The van der Waals surface area contributed by atoms with Crippen molar-refractivity contribution in [3.05, 3.63) is 18.2 Å². The van der Waals surface area contributed by atoms with Crippen LogP contribution in [0.15, 0.2) is 18.2 Å². The van der Waals surface area contributed by atoms with E-state index in [9.17, 15) is 4.79 Å². The predicted molar refractivity (Wildman–Crippen MR) is 71.7 cm³/mol. The van der Waals surface area contributed by atoms with E-state index in [0.717, 1.165) is 0 Å². The zero-order valence-electron chi connectivity index (χ0n) is 11.0. The average molecular weight is 252 g/mol. The van der Waals surface area contributed by atoms with Crippen LogP contribution in [0.25, 0.3) is 0 Å². The van der Waals surface area contributed by atoms with Crippen molar-refractivity contribution in [3.8, 4) is 5.75 Å². The Balaban J connectivity index is 2.59. The average Bonchev–Trinajstić information content (AvgIpc) is 2.31. The van der Waals surface area contributed by atoms with E-state index < -0.39 is 0 Å². The second-order valence-corrected chi connectivity index (χ2v) is 4.27. The van der Waals surface area contributed by atoms with Gasteiger partial charge in [-0.15, -0.1) is 0 Å². The molecule has 18 heavy (non-hydrogen) atoms. The number of methoxy groups -OCH3 is 2. The molecular weight excluding hydrogens is 232 g/mol. The lowest BCUT2D eigenvalue weighted by molar-refractivity contribution is -0.117. The minimum atomic E-state index is -0.0728. The molecule has 5 nitrogen and oxygen atoms in total. The molecule has 1 aromatic carbocycles. The van der Waals surface area contributed by atoms with E-state index >= 15 is 0 Å². The summed E-state index contributed by atoms with van der Waals surface area (Å²) < 4.78 is 10.0. The van der Waals surface area contributed by atoms with Crippen LogP contribution in [-0.2, 0) is 9.53 Å². The number of rotatable bonds is 6. The van der Waals surface area contributed by atoms with E-state index in [1.54, 1.807) is 32.4 Å². The molecule has 100 valence electrons. The fourth-order valence-corrected chi connectivity index (χ4v) is 1.64. The maximum absolute atomic E-state index is 11.8. The summed E-state index contributed by atoms with van der Waals surface area (Å²) in [5.41, 5.74) is 6.91. The molecule has 1 rings (SSSR count). The molecule has 0 aliphatic heterocycles. The molecule has 1 unspecified atom stereocenters. The fraction of sp³-hybridized carbons (Fsp3) is 0.462. The minimum Gasteiger partial charge on any atom is -0.497 e. The van der Waals surface area contributed by atoms with Gasteiger partial charge in [-0.3, -0.25) is 4.79 Å². The van der Waals surface area contributed by atoms with Gasteiger partial charge in [0.25, 0.3) is 0 Å². The zero-order valence-corrected chi connectivity index (χ0v) is 11.0. The molecule has 0 radical (unpaired) electrons. The first-order valence-electron chi connectivity index (χ1n) is 5.79. The Morgan fingerprint density at radius 3 is 2.72 bits per heavy atom. The van der Waals surface area contributed by atoms with Crippen molar-refractivity contribution >= 4 is 17.3 Å². The van der Waals surface area contributed by atoms with Crippen molar-refractivity contribution in [2.45, 2.75) is 13.3 Å². The number of hydrogen-bond donors (Lipinski definition) is 2. The number of benzene rings is 1. The highest BCUT2D eigenvalue weighted by Crippen LogP contribution is 2.24. The molecule has 0 aliphatic rings. The number of amides is 1. The molecule has 5 heteroatoms. The smallest absolute Gasteiger partial charge is 0.224 e.